The lowest BCUT2D eigenvalue weighted by molar-refractivity contribution is -0.146. The zero-order valence-electron chi connectivity index (χ0n) is 38.2. The van der Waals surface area contributed by atoms with Crippen molar-refractivity contribution in [3.8, 4) is 22.9 Å². The maximum atomic E-state index is 14.9. The molecule has 3 aliphatic carbocycles. The van der Waals surface area contributed by atoms with Gasteiger partial charge in [0.1, 0.15) is 58.7 Å². The number of nitrogens with one attached hydrogen (secondary N) is 3. The molecule has 4 heterocycles. The molecule has 3 aromatic rings. The fraction of sp³-hybridized carbons (Fsp3) is 0.617. The van der Waals surface area contributed by atoms with Crippen molar-refractivity contribution < 1.29 is 43.2 Å². The molecule has 1 aromatic carbocycles. The molecule has 5 fully saturated rings. The van der Waals surface area contributed by atoms with Crippen molar-refractivity contribution >= 4 is 62.8 Å². The van der Waals surface area contributed by atoms with Gasteiger partial charge in [-0.05, 0) is 74.8 Å². The van der Waals surface area contributed by atoms with Crippen LogP contribution in [-0.2, 0) is 23.9 Å². The van der Waals surface area contributed by atoms with Crippen molar-refractivity contribution in [3.63, 3.8) is 0 Å². The number of carbonyl (C=O) groups is 4. The molecule has 352 valence electrons. The number of alkyl carbamates (subject to hydrolysis) is 1. The summed E-state index contributed by atoms with van der Waals surface area (Å²) in [7, 11) is 1.73. The molecule has 0 radical (unpaired) electrons. The first kappa shape index (κ1) is 46.8. The van der Waals surface area contributed by atoms with Crippen molar-refractivity contribution in [2.45, 2.75) is 116 Å². The number of methoxy groups -OCH3 is 1. The van der Waals surface area contributed by atoms with E-state index in [1.54, 1.807) is 19.2 Å². The summed E-state index contributed by atoms with van der Waals surface area (Å²) in [5.41, 5.74) is -0.855. The molecule has 8 rings (SSSR count). The van der Waals surface area contributed by atoms with E-state index in [9.17, 15) is 24.3 Å². The number of aromatic nitrogens is 2. The minimum absolute atomic E-state index is 0.0179. The number of carboxylic acid groups (broad SMARTS) is 1. The largest absolute Gasteiger partial charge is 0.491 e. The summed E-state index contributed by atoms with van der Waals surface area (Å²) in [5, 5.41) is 22.6. The predicted molar refractivity (Wildman–Crippen MR) is 247 cm³/mol. The van der Waals surface area contributed by atoms with E-state index in [1.807, 2.05) is 46.1 Å². The summed E-state index contributed by atoms with van der Waals surface area (Å²) in [6, 6.07) is 3.29. The number of carbonyl (C=O) groups excluding carboxylic acids is 3. The monoisotopic (exact) mass is 935 g/mol. The highest BCUT2D eigenvalue weighted by atomic mass is 35.5. The Hall–Kier alpha value is -4.71. The summed E-state index contributed by atoms with van der Waals surface area (Å²) in [6.07, 6.45) is 2.81. The van der Waals surface area contributed by atoms with E-state index in [0.717, 1.165) is 32.4 Å². The molecule has 2 saturated heterocycles. The molecule has 16 nitrogen and oxygen atoms in total. The topological polar surface area (TPSA) is 194 Å². The third-order valence-corrected chi connectivity index (χ3v) is 15.0. The molecule has 18 heteroatoms. The summed E-state index contributed by atoms with van der Waals surface area (Å²) >= 11 is 8.57. The van der Waals surface area contributed by atoms with Crippen LogP contribution in [0.25, 0.3) is 22.3 Å². The number of rotatable bonds is 17. The number of hydrogen-bond acceptors (Lipinski definition) is 13. The standard InChI is InChI=1S/C47H62ClN7O9S/c1-9-26-20-47(26,43(58)59)53-41(56)35-18-29(22-55(35)42(57)40(46(5,6)7)52-45(60)64-28-16-31-25(4)32(31)17-28)63-37-19-33(34-23-65-44(51-34)49-24(2)3)50-39-30(37)10-11-36(38(39)48)62-15-14-54-13-12-27(21-54)61-8/h9-11,19,23-29,31-32,35,40H,1,12-18,20-22H2,2-8H3,(H,49,51)(H,52,60)(H,53,56)(H,58,59)/t25-,26-,27-,28+,29?,31+,32-,35+,40-,47?/m1/s1. The highest BCUT2D eigenvalue weighted by Crippen LogP contribution is 2.57. The van der Waals surface area contributed by atoms with Gasteiger partial charge in [0.2, 0.25) is 11.8 Å². The van der Waals surface area contributed by atoms with Crippen molar-refractivity contribution in [3.05, 3.63) is 41.3 Å². The van der Waals surface area contributed by atoms with Crippen LogP contribution in [-0.4, -0.2) is 131 Å². The zero-order chi connectivity index (χ0) is 46.5. The fourth-order valence-corrected chi connectivity index (χ4v) is 11.1. The van der Waals surface area contributed by atoms with E-state index < -0.39 is 58.9 Å². The number of pyridine rings is 1. The van der Waals surface area contributed by atoms with Gasteiger partial charge in [-0.15, -0.1) is 17.9 Å². The van der Waals surface area contributed by atoms with Crippen LogP contribution >= 0.6 is 22.9 Å². The lowest BCUT2D eigenvalue weighted by atomic mass is 9.85. The summed E-state index contributed by atoms with van der Waals surface area (Å²) < 4.78 is 24.4. The number of likely N-dealkylation sites (tertiary alicyclic amines) is 2. The van der Waals surface area contributed by atoms with Crippen LogP contribution in [0.4, 0.5) is 9.93 Å². The van der Waals surface area contributed by atoms with Crippen LogP contribution in [0.3, 0.4) is 0 Å². The van der Waals surface area contributed by atoms with Gasteiger partial charge in [0.05, 0.1) is 23.9 Å². The number of thiazole rings is 1. The average Bonchev–Trinajstić information content (AvgIpc) is 3.67. The Balaban J connectivity index is 1.08. The molecule has 2 aromatic heterocycles. The van der Waals surface area contributed by atoms with Crippen LogP contribution in [0.2, 0.25) is 5.02 Å². The number of amides is 3. The summed E-state index contributed by atoms with van der Waals surface area (Å²) in [5.74, 6) is -0.220. The van der Waals surface area contributed by atoms with Crippen molar-refractivity contribution in [1.29, 1.82) is 0 Å². The zero-order valence-corrected chi connectivity index (χ0v) is 39.8. The van der Waals surface area contributed by atoms with E-state index in [2.05, 4.69) is 34.4 Å². The van der Waals surface area contributed by atoms with Gasteiger partial charge in [-0.25, -0.2) is 19.6 Å². The van der Waals surface area contributed by atoms with Crippen LogP contribution in [0.5, 0.6) is 11.5 Å². The normalized spacial score (nSPS) is 28.7. The van der Waals surface area contributed by atoms with E-state index in [4.69, 9.17) is 40.5 Å². The SMILES string of the molecule is C=C[C@@H]1CC1(NC(=O)[C@@H]1CC(Oc2cc(-c3csc(NC(C)C)n3)nc3c(Cl)c(OCCN4CC[C@@H](OC)C4)ccc23)CN1C(=O)[C@@H](NC(=O)O[C@@H]1C[C@@H]2[C@H](C)[C@@H]2C1)C(C)(C)C)C(=O)O. The Morgan fingerprint density at radius 3 is 2.46 bits per heavy atom. The van der Waals surface area contributed by atoms with Gasteiger partial charge in [-0.1, -0.05) is 45.4 Å². The van der Waals surface area contributed by atoms with E-state index in [1.165, 1.54) is 22.3 Å². The first-order valence-electron chi connectivity index (χ1n) is 22.7. The first-order chi connectivity index (χ1) is 30.9. The maximum absolute atomic E-state index is 14.9. The fourth-order valence-electron chi connectivity index (χ4n) is 9.94. The lowest BCUT2D eigenvalue weighted by Crippen LogP contribution is -2.59. The molecule has 2 aliphatic heterocycles. The smallest absolute Gasteiger partial charge is 0.408 e. The Morgan fingerprint density at radius 2 is 1.82 bits per heavy atom. The Labute approximate surface area is 389 Å². The van der Waals surface area contributed by atoms with Gasteiger partial charge < -0.3 is 44.9 Å². The molecule has 10 atom stereocenters. The molecule has 3 saturated carbocycles. The van der Waals surface area contributed by atoms with Gasteiger partial charge in [0, 0.05) is 62.0 Å². The third-order valence-electron chi connectivity index (χ3n) is 13.9. The molecule has 2 unspecified atom stereocenters. The molecular formula is C47H62ClN7O9S. The third kappa shape index (κ3) is 9.89. The highest BCUT2D eigenvalue weighted by Gasteiger charge is 2.61. The Kier molecular flexibility index (Phi) is 13.3. The summed E-state index contributed by atoms with van der Waals surface area (Å²) in [6.45, 7) is 18.3. The number of hydrogen-bond donors (Lipinski definition) is 4. The van der Waals surface area contributed by atoms with Gasteiger partial charge >= 0.3 is 12.1 Å². The number of fused-ring (bicyclic) bond motifs is 2. The number of halogens is 1. The van der Waals surface area contributed by atoms with E-state index in [0.29, 0.717) is 69.8 Å². The second kappa shape index (κ2) is 18.5. The minimum Gasteiger partial charge on any atom is -0.491 e. The molecule has 5 aliphatic rings. The molecule has 65 heavy (non-hydrogen) atoms. The number of nitrogens with zero attached hydrogens (tertiary/aromatic N) is 4. The highest BCUT2D eigenvalue weighted by molar-refractivity contribution is 7.14. The van der Waals surface area contributed by atoms with Gasteiger partial charge in [-0.2, -0.15) is 0 Å². The maximum Gasteiger partial charge on any atom is 0.408 e. The second-order valence-corrected chi connectivity index (χ2v) is 21.1. The Bertz CT molecular complexity index is 2310. The molecule has 4 N–H and O–H groups in total. The average molecular weight is 937 g/mol. The Morgan fingerprint density at radius 1 is 1.06 bits per heavy atom. The van der Waals surface area contributed by atoms with Crippen molar-refractivity contribution in [2.75, 3.05) is 45.2 Å². The van der Waals surface area contributed by atoms with Crippen molar-refractivity contribution in [1.82, 2.24) is 30.4 Å². The van der Waals surface area contributed by atoms with Crippen LogP contribution in [0.15, 0.2) is 36.2 Å². The lowest BCUT2D eigenvalue weighted by Gasteiger charge is -2.35. The van der Waals surface area contributed by atoms with Gasteiger partial charge in [0.15, 0.2) is 5.13 Å². The number of benzene rings is 1. The number of ether oxygens (including phenoxy) is 4. The summed E-state index contributed by atoms with van der Waals surface area (Å²) in [4.78, 5) is 68.6. The molecule has 0 spiro atoms. The van der Waals surface area contributed by atoms with Gasteiger partial charge in [0.25, 0.3) is 0 Å². The molecular weight excluding hydrogens is 874 g/mol. The van der Waals surface area contributed by atoms with Crippen molar-refractivity contribution in [2.24, 2.45) is 29.1 Å². The minimum atomic E-state index is -1.54. The number of anilines is 1. The van der Waals surface area contributed by atoms with Gasteiger partial charge in [-0.3, -0.25) is 14.5 Å². The molecule has 0 bridgehead atoms. The number of aliphatic carboxylic acids is 1. The van der Waals surface area contributed by atoms with Crippen LogP contribution < -0.4 is 25.4 Å². The first-order valence-corrected chi connectivity index (χ1v) is 24.0. The molecule has 3 amide bonds. The van der Waals surface area contributed by atoms with E-state index in [-0.39, 0.29) is 42.7 Å². The second-order valence-electron chi connectivity index (χ2n) is 19.8. The van der Waals surface area contributed by atoms with E-state index >= 15 is 0 Å². The predicted octanol–water partition coefficient (Wildman–Crippen LogP) is 6.61. The van der Waals surface area contributed by atoms with Crippen LogP contribution in [0.1, 0.15) is 73.6 Å². The van der Waals surface area contributed by atoms with Crippen LogP contribution in [0, 0.1) is 29.1 Å². The quantitative estimate of drug-likeness (QED) is 0.106. The number of carboxylic acids is 1.